The van der Waals surface area contributed by atoms with Crippen LogP contribution in [0.1, 0.15) is 45.1 Å². The van der Waals surface area contributed by atoms with Gasteiger partial charge in [0.1, 0.15) is 18.0 Å². The highest BCUT2D eigenvalue weighted by molar-refractivity contribution is 7.92. The van der Waals surface area contributed by atoms with E-state index in [1.54, 1.807) is 0 Å². The fourth-order valence-corrected chi connectivity index (χ4v) is 8.07. The van der Waals surface area contributed by atoms with Gasteiger partial charge in [-0.25, -0.2) is 13.2 Å². The van der Waals surface area contributed by atoms with E-state index in [1.807, 2.05) is 44.2 Å². The van der Waals surface area contributed by atoms with Gasteiger partial charge in [0, 0.05) is 0 Å². The second-order valence-electron chi connectivity index (χ2n) is 12.2. The van der Waals surface area contributed by atoms with Crippen molar-refractivity contribution < 1.29 is 37.3 Å². The first-order valence-corrected chi connectivity index (χ1v) is 16.2. The van der Waals surface area contributed by atoms with Crippen LogP contribution < -0.4 is 21.5 Å². The van der Waals surface area contributed by atoms with E-state index in [0.717, 1.165) is 5.56 Å². The Hall–Kier alpha value is -2.74. The van der Waals surface area contributed by atoms with Crippen LogP contribution in [0.5, 0.6) is 5.75 Å². The van der Waals surface area contributed by atoms with Crippen molar-refractivity contribution >= 4 is 15.9 Å². The number of ether oxygens (including phenoxy) is 4. The summed E-state index contributed by atoms with van der Waals surface area (Å²) in [5.74, 6) is 0.387. The molecular formula is C31H45N3O8S. The smallest absolute Gasteiger partial charge is 0.407 e. The summed E-state index contributed by atoms with van der Waals surface area (Å²) in [6.07, 6.45) is -1.54. The zero-order valence-corrected chi connectivity index (χ0v) is 25.9. The van der Waals surface area contributed by atoms with Crippen LogP contribution in [0.2, 0.25) is 0 Å². The molecule has 1 unspecified atom stereocenters. The van der Waals surface area contributed by atoms with Crippen LogP contribution in [0.3, 0.4) is 0 Å². The fourth-order valence-electron chi connectivity index (χ4n) is 6.07. The number of aliphatic hydroxyl groups is 1. The summed E-state index contributed by atoms with van der Waals surface area (Å²) in [6, 6.07) is 13.9. The third-order valence-corrected chi connectivity index (χ3v) is 10.7. The second kappa shape index (κ2) is 13.9. The van der Waals surface area contributed by atoms with Crippen molar-refractivity contribution in [1.29, 1.82) is 0 Å². The van der Waals surface area contributed by atoms with Gasteiger partial charge >= 0.3 is 6.09 Å². The van der Waals surface area contributed by atoms with E-state index in [2.05, 4.69) is 5.32 Å². The maximum absolute atomic E-state index is 14.4. The molecule has 0 aromatic heterocycles. The van der Waals surface area contributed by atoms with Crippen molar-refractivity contribution in [2.75, 3.05) is 26.9 Å². The van der Waals surface area contributed by atoms with Crippen LogP contribution in [0, 0.1) is 11.3 Å². The molecule has 12 heteroatoms. The molecule has 11 nitrogen and oxygen atoms in total. The Kier molecular flexibility index (Phi) is 10.7. The summed E-state index contributed by atoms with van der Waals surface area (Å²) in [6.45, 7) is 4.93. The summed E-state index contributed by atoms with van der Waals surface area (Å²) in [4.78, 5) is 11.0. The number of benzene rings is 2. The molecule has 0 spiro atoms. The number of fused-ring (bicyclic) bond motifs is 1. The van der Waals surface area contributed by atoms with Gasteiger partial charge in [-0.3, -0.25) is 0 Å². The summed E-state index contributed by atoms with van der Waals surface area (Å²) >= 11 is 0. The number of nitrogens with two attached hydrogens (primary N) is 2. The second-order valence-corrected chi connectivity index (χ2v) is 14.5. The quantitative estimate of drug-likeness (QED) is 0.246. The van der Waals surface area contributed by atoms with Crippen molar-refractivity contribution in [2.24, 2.45) is 22.8 Å². The lowest BCUT2D eigenvalue weighted by Crippen LogP contribution is -2.65. The maximum Gasteiger partial charge on any atom is 0.407 e. The van der Waals surface area contributed by atoms with Crippen LogP contribution in [-0.4, -0.2) is 75.9 Å². The highest BCUT2D eigenvalue weighted by Gasteiger charge is 2.53. The lowest BCUT2D eigenvalue weighted by molar-refractivity contribution is -0.0907. The number of nitrogens with one attached hydrogen (secondary N) is 1. The van der Waals surface area contributed by atoms with E-state index in [4.69, 9.17) is 30.4 Å². The average Bonchev–Trinajstić information content (AvgIpc) is 3.61. The standard InChI is InChI=1S/C31H45N3O8S/c1-30(2,15-7-16-32)20-31(33,43(37,38)23-12-10-22(39-3)11-13-23)27(35)25(18-21-8-5-4-6-9-21)34-29(36)42-26-19-41-28-24(26)14-17-40-28/h4-6,8-13,24-28,35H,7,14-20,32-33H2,1-3H3,(H,34,36)/t24-,25+,26-,27-,28+,31?/m1/s1. The Bertz CT molecular complexity index is 1310. The number of carbonyl (C=O) groups is 1. The molecule has 6 atom stereocenters. The molecule has 0 saturated carbocycles. The predicted molar refractivity (Wildman–Crippen MR) is 161 cm³/mol. The SMILES string of the molecule is COc1ccc(S(=O)(=O)C(N)(CC(C)(C)CCCN)[C@H](O)[C@H](Cc2ccccc2)NC(=O)O[C@@H]2CO[C@@H]3OCC[C@@H]32)cc1. The zero-order valence-electron chi connectivity index (χ0n) is 25.1. The van der Waals surface area contributed by atoms with Crippen molar-refractivity contribution in [3.05, 3.63) is 60.2 Å². The molecule has 2 aliphatic rings. The van der Waals surface area contributed by atoms with Gasteiger partial charge in [-0.15, -0.1) is 0 Å². The van der Waals surface area contributed by atoms with E-state index in [0.29, 0.717) is 38.2 Å². The van der Waals surface area contributed by atoms with Gasteiger partial charge < -0.3 is 40.8 Å². The third kappa shape index (κ3) is 7.68. The van der Waals surface area contributed by atoms with Gasteiger partial charge in [0.05, 0.1) is 37.2 Å². The Morgan fingerprint density at radius 2 is 1.84 bits per heavy atom. The van der Waals surface area contributed by atoms with Gasteiger partial charge in [0.2, 0.25) is 0 Å². The number of methoxy groups -OCH3 is 1. The first kappa shape index (κ1) is 33.2. The van der Waals surface area contributed by atoms with Crippen LogP contribution in [0.25, 0.3) is 0 Å². The highest BCUT2D eigenvalue weighted by atomic mass is 32.2. The van der Waals surface area contributed by atoms with E-state index in [9.17, 15) is 18.3 Å². The topological polar surface area (TPSA) is 172 Å². The van der Waals surface area contributed by atoms with Gasteiger partial charge in [0.15, 0.2) is 21.0 Å². The monoisotopic (exact) mass is 619 g/mol. The molecule has 43 heavy (non-hydrogen) atoms. The average molecular weight is 620 g/mol. The van der Waals surface area contributed by atoms with Gasteiger partial charge in [-0.1, -0.05) is 44.2 Å². The van der Waals surface area contributed by atoms with Gasteiger partial charge in [0.25, 0.3) is 0 Å². The number of rotatable bonds is 14. The molecule has 1 amide bonds. The molecule has 6 N–H and O–H groups in total. The van der Waals surface area contributed by atoms with E-state index < -0.39 is 50.8 Å². The number of carbonyl (C=O) groups excluding carboxylic acids is 1. The number of hydrogen-bond acceptors (Lipinski definition) is 10. The highest BCUT2D eigenvalue weighted by Crippen LogP contribution is 2.40. The minimum Gasteiger partial charge on any atom is -0.497 e. The van der Waals surface area contributed by atoms with Crippen molar-refractivity contribution in [2.45, 2.75) is 80.3 Å². The van der Waals surface area contributed by atoms with Crippen molar-refractivity contribution in [1.82, 2.24) is 5.32 Å². The van der Waals surface area contributed by atoms with E-state index >= 15 is 0 Å². The summed E-state index contributed by atoms with van der Waals surface area (Å²) in [7, 11) is -2.89. The molecule has 4 rings (SSSR count). The number of aliphatic hydroxyl groups excluding tert-OH is 1. The van der Waals surface area contributed by atoms with Crippen molar-refractivity contribution in [3.8, 4) is 5.75 Å². The van der Waals surface area contributed by atoms with E-state index in [-0.39, 0.29) is 30.3 Å². The lowest BCUT2D eigenvalue weighted by atomic mass is 9.78. The van der Waals surface area contributed by atoms with Crippen LogP contribution in [-0.2, 0) is 30.5 Å². The molecule has 2 aromatic carbocycles. The minimum absolute atomic E-state index is 0.0686. The largest absolute Gasteiger partial charge is 0.497 e. The first-order chi connectivity index (χ1) is 20.4. The molecule has 2 aliphatic heterocycles. The third-order valence-electron chi connectivity index (χ3n) is 8.41. The Labute approximate surface area is 254 Å². The molecule has 2 saturated heterocycles. The maximum atomic E-state index is 14.4. The number of alkyl carbamates (subject to hydrolysis) is 1. The molecule has 0 bridgehead atoms. The van der Waals surface area contributed by atoms with Crippen LogP contribution in [0.4, 0.5) is 4.79 Å². The van der Waals surface area contributed by atoms with E-state index in [1.165, 1.54) is 31.4 Å². The fraction of sp³-hybridized carbons (Fsp3) is 0.581. The molecule has 238 valence electrons. The minimum atomic E-state index is -4.38. The van der Waals surface area contributed by atoms with Crippen LogP contribution in [0.15, 0.2) is 59.5 Å². The number of amides is 1. The summed E-state index contributed by atoms with van der Waals surface area (Å²) in [5.41, 5.74) is 12.8. The molecule has 2 fully saturated rings. The normalized spacial score (nSPS) is 23.2. The van der Waals surface area contributed by atoms with Gasteiger partial charge in [-0.05, 0) is 73.9 Å². The zero-order chi connectivity index (χ0) is 31.3. The number of hydrogen-bond donors (Lipinski definition) is 4. The Balaban J connectivity index is 1.68. The predicted octanol–water partition coefficient (Wildman–Crippen LogP) is 2.74. The Morgan fingerprint density at radius 3 is 2.49 bits per heavy atom. The molecule has 0 radical (unpaired) electrons. The first-order valence-electron chi connectivity index (χ1n) is 14.7. The summed E-state index contributed by atoms with van der Waals surface area (Å²) in [5, 5.41) is 14.8. The summed E-state index contributed by atoms with van der Waals surface area (Å²) < 4.78 is 50.8. The van der Waals surface area contributed by atoms with Gasteiger partial charge in [-0.2, -0.15) is 0 Å². The van der Waals surface area contributed by atoms with Crippen LogP contribution >= 0.6 is 0 Å². The lowest BCUT2D eigenvalue weighted by Gasteiger charge is -2.42. The number of sulfone groups is 1. The molecule has 2 heterocycles. The Morgan fingerprint density at radius 1 is 1.14 bits per heavy atom. The van der Waals surface area contributed by atoms with Crippen molar-refractivity contribution in [3.63, 3.8) is 0 Å². The molecular weight excluding hydrogens is 574 g/mol. The molecule has 2 aromatic rings. The molecule has 0 aliphatic carbocycles.